The van der Waals surface area contributed by atoms with E-state index in [1.807, 2.05) is 17.8 Å². The molecule has 1 aliphatic carbocycles. The zero-order valence-electron chi connectivity index (χ0n) is 13.1. The molecule has 1 aliphatic rings. The molecule has 0 atom stereocenters. The Bertz CT molecular complexity index is 446. The number of rotatable bonds is 7. The minimum absolute atomic E-state index is 0.352. The van der Waals surface area contributed by atoms with Gasteiger partial charge in [0.1, 0.15) is 17.5 Å². The second kappa shape index (κ2) is 7.84. The van der Waals surface area contributed by atoms with E-state index >= 15 is 0 Å². The van der Waals surface area contributed by atoms with Crippen molar-refractivity contribution in [3.8, 4) is 0 Å². The van der Waals surface area contributed by atoms with Gasteiger partial charge in [0.15, 0.2) is 0 Å². The number of nitrogen functional groups attached to an aromatic ring is 1. The Labute approximate surface area is 131 Å². The van der Waals surface area contributed by atoms with Crippen LogP contribution in [0, 0.1) is 0 Å². The molecule has 6 heteroatoms. The van der Waals surface area contributed by atoms with E-state index in [1.54, 1.807) is 0 Å². The van der Waals surface area contributed by atoms with Gasteiger partial charge in [-0.1, -0.05) is 26.2 Å². The quantitative estimate of drug-likeness (QED) is 0.530. The van der Waals surface area contributed by atoms with Gasteiger partial charge in [-0.15, -0.1) is 0 Å². The number of nitrogens with zero attached hydrogens (tertiary/aromatic N) is 2. The van der Waals surface area contributed by atoms with Gasteiger partial charge in [0.2, 0.25) is 0 Å². The highest BCUT2D eigenvalue weighted by Crippen LogP contribution is 2.38. The average molecular weight is 309 g/mol. The molecule has 5 nitrogen and oxygen atoms in total. The Hall–Kier alpha value is -1.01. The van der Waals surface area contributed by atoms with Gasteiger partial charge in [-0.25, -0.2) is 15.8 Å². The summed E-state index contributed by atoms with van der Waals surface area (Å²) < 4.78 is 0.352. The number of hydrazine groups is 1. The number of nitrogens with one attached hydrogen (secondary N) is 2. The van der Waals surface area contributed by atoms with E-state index in [-0.39, 0.29) is 0 Å². The number of nitrogens with two attached hydrogens (primary N) is 1. The first-order valence-electron chi connectivity index (χ1n) is 7.85. The van der Waals surface area contributed by atoms with Crippen molar-refractivity contribution in [2.45, 2.75) is 56.6 Å². The highest BCUT2D eigenvalue weighted by atomic mass is 32.2. The van der Waals surface area contributed by atoms with E-state index in [1.165, 1.54) is 32.1 Å². The van der Waals surface area contributed by atoms with E-state index in [0.29, 0.717) is 10.6 Å². The highest BCUT2D eigenvalue weighted by molar-refractivity contribution is 8.00. The number of aromatic nitrogens is 2. The molecular formula is C15H27N5S. The van der Waals surface area contributed by atoms with Crippen molar-refractivity contribution < 1.29 is 0 Å². The van der Waals surface area contributed by atoms with Crippen molar-refractivity contribution in [3.63, 3.8) is 0 Å². The predicted octanol–water partition coefficient (Wildman–Crippen LogP) is 3.19. The maximum absolute atomic E-state index is 5.50. The van der Waals surface area contributed by atoms with Crippen molar-refractivity contribution in [2.24, 2.45) is 5.84 Å². The largest absolute Gasteiger partial charge is 0.369 e. The van der Waals surface area contributed by atoms with E-state index in [2.05, 4.69) is 33.9 Å². The van der Waals surface area contributed by atoms with Crippen LogP contribution >= 0.6 is 11.8 Å². The molecule has 1 aromatic rings. The first-order chi connectivity index (χ1) is 10.2. The van der Waals surface area contributed by atoms with E-state index < -0.39 is 0 Å². The van der Waals surface area contributed by atoms with Gasteiger partial charge in [0.25, 0.3) is 0 Å². The summed E-state index contributed by atoms with van der Waals surface area (Å²) in [6, 6.07) is 1.88. The number of hydrogen-bond acceptors (Lipinski definition) is 6. The molecule has 0 bridgehead atoms. The third-order valence-corrected chi connectivity index (χ3v) is 5.60. The topological polar surface area (TPSA) is 75.9 Å². The third kappa shape index (κ3) is 4.48. The molecule has 0 radical (unpaired) electrons. The van der Waals surface area contributed by atoms with Crippen molar-refractivity contribution in [1.29, 1.82) is 0 Å². The lowest BCUT2D eigenvalue weighted by molar-refractivity contribution is 0.411. The maximum atomic E-state index is 5.50. The van der Waals surface area contributed by atoms with Gasteiger partial charge in [0.05, 0.1) is 0 Å². The lowest BCUT2D eigenvalue weighted by atomic mass is 9.88. The molecule has 118 valence electrons. The van der Waals surface area contributed by atoms with Crippen LogP contribution in [0.15, 0.2) is 6.07 Å². The third-order valence-electron chi connectivity index (χ3n) is 4.18. The Balaban J connectivity index is 2.05. The van der Waals surface area contributed by atoms with Gasteiger partial charge in [-0.05, 0) is 25.5 Å². The normalized spacial score (nSPS) is 17.5. The average Bonchev–Trinajstić information content (AvgIpc) is 2.54. The summed E-state index contributed by atoms with van der Waals surface area (Å²) in [5, 5.41) is 3.51. The molecule has 1 fully saturated rings. The Kier molecular flexibility index (Phi) is 6.11. The van der Waals surface area contributed by atoms with E-state index in [9.17, 15) is 0 Å². The number of aryl methyl sites for hydroxylation is 1. The molecule has 0 unspecified atom stereocenters. The molecule has 1 heterocycles. The molecule has 0 aliphatic heterocycles. The SMILES string of the molecule is CCCc1nc(NN)cc(NCC2(SC)CCCCC2)n1. The lowest BCUT2D eigenvalue weighted by Gasteiger charge is -2.36. The van der Waals surface area contributed by atoms with Crippen molar-refractivity contribution >= 4 is 23.4 Å². The van der Waals surface area contributed by atoms with Crippen LogP contribution in [0.3, 0.4) is 0 Å². The van der Waals surface area contributed by atoms with Crippen LogP contribution in [-0.2, 0) is 6.42 Å². The van der Waals surface area contributed by atoms with Crippen LogP contribution in [-0.4, -0.2) is 27.5 Å². The van der Waals surface area contributed by atoms with Gasteiger partial charge in [0, 0.05) is 23.8 Å². The lowest BCUT2D eigenvalue weighted by Crippen LogP contribution is -2.35. The molecule has 0 spiro atoms. The summed E-state index contributed by atoms with van der Waals surface area (Å²) in [6.07, 6.45) is 10.7. The van der Waals surface area contributed by atoms with Crippen LogP contribution in [0.5, 0.6) is 0 Å². The van der Waals surface area contributed by atoms with Crippen molar-refractivity contribution in [1.82, 2.24) is 9.97 Å². The Morgan fingerprint density at radius 1 is 1.24 bits per heavy atom. The Morgan fingerprint density at radius 2 is 1.95 bits per heavy atom. The molecular weight excluding hydrogens is 282 g/mol. The zero-order valence-corrected chi connectivity index (χ0v) is 13.9. The van der Waals surface area contributed by atoms with Gasteiger partial charge in [-0.2, -0.15) is 11.8 Å². The summed E-state index contributed by atoms with van der Waals surface area (Å²) in [4.78, 5) is 8.98. The molecule has 4 N–H and O–H groups in total. The first kappa shape index (κ1) is 16.4. The molecule has 0 saturated heterocycles. The summed E-state index contributed by atoms with van der Waals surface area (Å²) in [6.45, 7) is 3.09. The van der Waals surface area contributed by atoms with Crippen LogP contribution in [0.1, 0.15) is 51.3 Å². The highest BCUT2D eigenvalue weighted by Gasteiger charge is 2.30. The molecule has 0 aromatic carbocycles. The number of hydrogen-bond donors (Lipinski definition) is 3. The fourth-order valence-corrected chi connectivity index (χ4v) is 3.81. The predicted molar refractivity (Wildman–Crippen MR) is 91.7 cm³/mol. The van der Waals surface area contributed by atoms with Crippen LogP contribution in [0.25, 0.3) is 0 Å². The maximum Gasteiger partial charge on any atom is 0.145 e. The first-order valence-corrected chi connectivity index (χ1v) is 9.07. The fourth-order valence-electron chi connectivity index (χ4n) is 2.90. The second-order valence-corrected chi connectivity index (χ2v) is 7.02. The zero-order chi connectivity index (χ0) is 15.1. The summed E-state index contributed by atoms with van der Waals surface area (Å²) >= 11 is 1.99. The van der Waals surface area contributed by atoms with E-state index in [0.717, 1.165) is 31.0 Å². The molecule has 1 aromatic heterocycles. The second-order valence-electron chi connectivity index (χ2n) is 5.75. The fraction of sp³-hybridized carbons (Fsp3) is 0.733. The van der Waals surface area contributed by atoms with Crippen LogP contribution < -0.4 is 16.6 Å². The summed E-state index contributed by atoms with van der Waals surface area (Å²) in [7, 11) is 0. The van der Waals surface area contributed by atoms with Crippen LogP contribution in [0.2, 0.25) is 0 Å². The van der Waals surface area contributed by atoms with E-state index in [4.69, 9.17) is 5.84 Å². The van der Waals surface area contributed by atoms with Crippen LogP contribution in [0.4, 0.5) is 11.6 Å². The Morgan fingerprint density at radius 3 is 2.57 bits per heavy atom. The minimum Gasteiger partial charge on any atom is -0.369 e. The number of anilines is 2. The standard InChI is InChI=1S/C15H27N5S/c1-3-7-12-18-13(10-14(19-12)20-16)17-11-15(21-2)8-5-4-6-9-15/h10H,3-9,11,16H2,1-2H3,(H2,17,18,19,20). The molecule has 1 saturated carbocycles. The summed E-state index contributed by atoms with van der Waals surface area (Å²) in [5.74, 6) is 7.90. The molecule has 2 rings (SSSR count). The number of thioether (sulfide) groups is 1. The van der Waals surface area contributed by atoms with Gasteiger partial charge < -0.3 is 10.7 Å². The molecule has 0 amide bonds. The summed E-state index contributed by atoms with van der Waals surface area (Å²) in [5.41, 5.74) is 2.63. The van der Waals surface area contributed by atoms with Gasteiger partial charge in [-0.3, -0.25) is 0 Å². The van der Waals surface area contributed by atoms with Gasteiger partial charge >= 0.3 is 0 Å². The van der Waals surface area contributed by atoms with Crippen molar-refractivity contribution in [3.05, 3.63) is 11.9 Å². The smallest absolute Gasteiger partial charge is 0.145 e. The molecule has 21 heavy (non-hydrogen) atoms. The monoisotopic (exact) mass is 309 g/mol. The van der Waals surface area contributed by atoms with Crippen molar-refractivity contribution in [2.75, 3.05) is 23.5 Å². The minimum atomic E-state index is 0.352.